The van der Waals surface area contributed by atoms with Gasteiger partial charge in [0.25, 0.3) is 0 Å². The fourth-order valence-electron chi connectivity index (χ4n) is 1.36. The molecule has 0 saturated carbocycles. The third kappa shape index (κ3) is 0.724. The summed E-state index contributed by atoms with van der Waals surface area (Å²) in [6, 6.07) is 9.86. The Morgan fingerprint density at radius 3 is 3.00 bits per heavy atom. The molecule has 58 valence electrons. The maximum absolute atomic E-state index is 11.6. The van der Waals surface area contributed by atoms with Crippen molar-refractivity contribution in [3.63, 3.8) is 0 Å². The molecule has 0 spiro atoms. The fraction of sp³-hybridized carbons (Fsp3) is 0. The summed E-state index contributed by atoms with van der Waals surface area (Å²) >= 11 is 0.316. The van der Waals surface area contributed by atoms with Crippen molar-refractivity contribution in [2.75, 3.05) is 0 Å². The van der Waals surface area contributed by atoms with Gasteiger partial charge in [0.15, 0.2) is 0 Å². The van der Waals surface area contributed by atoms with E-state index in [1.165, 1.54) is 4.59 Å². The summed E-state index contributed by atoms with van der Waals surface area (Å²) in [5.41, 5.74) is 0.183. The van der Waals surface area contributed by atoms with Crippen molar-refractivity contribution >= 4 is 30.5 Å². The molecule has 0 saturated heterocycles. The molecule has 0 amide bonds. The molecule has 2 nitrogen and oxygen atoms in total. The van der Waals surface area contributed by atoms with E-state index in [1.807, 2.05) is 27.8 Å². The summed E-state index contributed by atoms with van der Waals surface area (Å²) in [7, 11) is 0. The Morgan fingerprint density at radius 2 is 2.08 bits per heavy atom. The first kappa shape index (κ1) is 6.46. The van der Waals surface area contributed by atoms with Crippen LogP contribution in [-0.2, 0) is 0 Å². The molecule has 0 fully saturated rings. The number of aromatic nitrogens is 1. The normalized spacial score (nSPS) is 13.0. The number of fused-ring (bicyclic) bond motifs is 2. The predicted molar refractivity (Wildman–Crippen MR) is 49.0 cm³/mol. The van der Waals surface area contributed by atoms with Crippen molar-refractivity contribution in [3.8, 4) is 0 Å². The third-order valence-electron chi connectivity index (χ3n) is 2.01. The van der Waals surface area contributed by atoms with Gasteiger partial charge in [-0.05, 0) is 0 Å². The second-order valence-electron chi connectivity index (χ2n) is 2.76. The molecule has 3 rings (SSSR count). The van der Waals surface area contributed by atoms with Crippen LogP contribution in [0.4, 0.5) is 0 Å². The number of benzene rings is 1. The van der Waals surface area contributed by atoms with Crippen LogP contribution in [0.15, 0.2) is 35.1 Å². The van der Waals surface area contributed by atoms with E-state index in [0.717, 1.165) is 10.8 Å². The van der Waals surface area contributed by atoms with Gasteiger partial charge in [0.2, 0.25) is 0 Å². The SMILES string of the molecule is O=c1c2ccccc2cc2n1[Se]2. The molecule has 3 heteroatoms. The van der Waals surface area contributed by atoms with Crippen LogP contribution in [0.25, 0.3) is 10.8 Å². The van der Waals surface area contributed by atoms with Gasteiger partial charge in [0.05, 0.1) is 0 Å². The van der Waals surface area contributed by atoms with Crippen molar-refractivity contribution in [2.45, 2.75) is 0 Å². The zero-order chi connectivity index (χ0) is 8.13. The van der Waals surface area contributed by atoms with Crippen LogP contribution in [0, 0.1) is 0 Å². The molecule has 2 aromatic rings. The van der Waals surface area contributed by atoms with Crippen LogP contribution < -0.4 is 10.2 Å². The van der Waals surface area contributed by atoms with E-state index in [9.17, 15) is 4.79 Å². The molecule has 0 unspecified atom stereocenters. The Labute approximate surface area is 75.2 Å². The van der Waals surface area contributed by atoms with Crippen LogP contribution >= 0.6 is 0 Å². The quantitative estimate of drug-likeness (QED) is 0.495. The molecular formula is C9H5NOSe. The Kier molecular flexibility index (Phi) is 1.08. The first-order valence-electron chi connectivity index (χ1n) is 3.69. The Balaban J connectivity index is 2.63. The van der Waals surface area contributed by atoms with Gasteiger partial charge < -0.3 is 0 Å². The van der Waals surface area contributed by atoms with Gasteiger partial charge in [0.1, 0.15) is 0 Å². The van der Waals surface area contributed by atoms with E-state index >= 15 is 0 Å². The molecular weight excluding hydrogens is 217 g/mol. The number of nitrogens with zero attached hydrogens (tertiary/aromatic N) is 1. The molecule has 0 atom stereocenters. The fourth-order valence-corrected chi connectivity index (χ4v) is 2.71. The second kappa shape index (κ2) is 2.00. The minimum absolute atomic E-state index is 0.183. The van der Waals surface area contributed by atoms with Crippen molar-refractivity contribution in [3.05, 3.63) is 40.7 Å². The third-order valence-corrected chi connectivity index (χ3v) is 3.81. The summed E-state index contributed by atoms with van der Waals surface area (Å²) in [5.74, 6) is 0. The summed E-state index contributed by atoms with van der Waals surface area (Å²) in [6.45, 7) is 0. The van der Waals surface area contributed by atoms with Crippen LogP contribution in [0.5, 0.6) is 0 Å². The summed E-state index contributed by atoms with van der Waals surface area (Å²) in [4.78, 5) is 11.6. The molecule has 1 aliphatic rings. The van der Waals surface area contributed by atoms with E-state index in [4.69, 9.17) is 0 Å². The number of pyridine rings is 1. The monoisotopic (exact) mass is 223 g/mol. The molecule has 0 aliphatic carbocycles. The summed E-state index contributed by atoms with van der Waals surface area (Å²) in [6.07, 6.45) is 0. The van der Waals surface area contributed by atoms with Crippen LogP contribution in [0.2, 0.25) is 0 Å². The zero-order valence-corrected chi connectivity index (χ0v) is 7.86. The van der Waals surface area contributed by atoms with Gasteiger partial charge in [-0.1, -0.05) is 0 Å². The van der Waals surface area contributed by atoms with Crippen LogP contribution in [-0.4, -0.2) is 18.8 Å². The van der Waals surface area contributed by atoms with E-state index in [2.05, 4.69) is 6.07 Å². The molecule has 2 heterocycles. The van der Waals surface area contributed by atoms with Crippen molar-refractivity contribution < 1.29 is 0 Å². The average Bonchev–Trinajstić information content (AvgIpc) is 2.84. The molecule has 1 aromatic heterocycles. The van der Waals surface area contributed by atoms with Crippen LogP contribution in [0.3, 0.4) is 0 Å². The van der Waals surface area contributed by atoms with E-state index in [1.54, 1.807) is 0 Å². The summed E-state index contributed by atoms with van der Waals surface area (Å²) < 4.78 is 3.07. The van der Waals surface area contributed by atoms with E-state index in [0.29, 0.717) is 15.2 Å². The van der Waals surface area contributed by atoms with Crippen molar-refractivity contribution in [1.29, 1.82) is 0 Å². The second-order valence-corrected chi connectivity index (χ2v) is 4.79. The number of rotatable bonds is 0. The predicted octanol–water partition coefficient (Wildman–Crippen LogP) is 0.108. The molecule has 1 aliphatic heterocycles. The average molecular weight is 222 g/mol. The Morgan fingerprint density at radius 1 is 1.25 bits per heavy atom. The van der Waals surface area contributed by atoms with Crippen molar-refractivity contribution in [2.24, 2.45) is 0 Å². The minimum atomic E-state index is 0.183. The Bertz CT molecular complexity index is 530. The molecule has 12 heavy (non-hydrogen) atoms. The standard InChI is InChI=1S/C9H5NOSe/c11-9-7-4-2-1-3-6(7)5-8-10(9)12-8/h1-5H. The molecule has 1 aromatic carbocycles. The van der Waals surface area contributed by atoms with E-state index in [-0.39, 0.29) is 5.56 Å². The maximum atomic E-state index is 11.6. The van der Waals surface area contributed by atoms with Gasteiger partial charge in [-0.25, -0.2) is 0 Å². The van der Waals surface area contributed by atoms with Gasteiger partial charge in [-0.15, -0.1) is 0 Å². The van der Waals surface area contributed by atoms with Gasteiger partial charge >= 0.3 is 74.8 Å². The van der Waals surface area contributed by atoms with Crippen LogP contribution in [0.1, 0.15) is 0 Å². The van der Waals surface area contributed by atoms with E-state index < -0.39 is 0 Å². The zero-order valence-electron chi connectivity index (χ0n) is 6.15. The first-order valence-corrected chi connectivity index (χ1v) is 5.32. The molecule has 0 bridgehead atoms. The molecule has 0 N–H and O–H groups in total. The Hall–Kier alpha value is -1.05. The topological polar surface area (TPSA) is 22.0 Å². The molecule has 0 radical (unpaired) electrons. The number of hydrogen-bond donors (Lipinski definition) is 0. The van der Waals surface area contributed by atoms with Crippen molar-refractivity contribution in [1.82, 2.24) is 3.58 Å². The van der Waals surface area contributed by atoms with Gasteiger partial charge in [-0.3, -0.25) is 0 Å². The summed E-state index contributed by atoms with van der Waals surface area (Å²) in [5, 5.41) is 1.92. The van der Waals surface area contributed by atoms with Gasteiger partial charge in [0, 0.05) is 0 Å². The number of hydrogen-bond acceptors (Lipinski definition) is 1. The van der Waals surface area contributed by atoms with Gasteiger partial charge in [-0.2, -0.15) is 0 Å². The first-order chi connectivity index (χ1) is 5.86.